The van der Waals surface area contributed by atoms with Crippen LogP contribution in [0.2, 0.25) is 0 Å². The number of ether oxygens (including phenoxy) is 1. The first kappa shape index (κ1) is 14.7. The van der Waals surface area contributed by atoms with Gasteiger partial charge in [-0.15, -0.1) is 6.58 Å². The fourth-order valence-electron chi connectivity index (χ4n) is 1.74. The van der Waals surface area contributed by atoms with E-state index in [-0.39, 0.29) is 12.1 Å². The Hall–Kier alpha value is -1.35. The zero-order valence-corrected chi connectivity index (χ0v) is 11.4. The third-order valence-electron chi connectivity index (χ3n) is 3.27. The number of rotatable bonds is 5. The number of esters is 1. The van der Waals surface area contributed by atoms with E-state index in [1.54, 1.807) is 19.9 Å². The number of hydrogen-bond donors (Lipinski definition) is 1. The van der Waals surface area contributed by atoms with Crippen LogP contribution in [-0.4, -0.2) is 22.8 Å². The van der Waals surface area contributed by atoms with Crippen LogP contribution in [0.25, 0.3) is 0 Å². The summed E-state index contributed by atoms with van der Waals surface area (Å²) in [6, 6.07) is 0. The second kappa shape index (κ2) is 6.01. The molecule has 1 heterocycles. The minimum atomic E-state index is -0.837. The van der Waals surface area contributed by atoms with E-state index in [2.05, 4.69) is 6.58 Å². The van der Waals surface area contributed by atoms with Gasteiger partial charge in [-0.25, -0.2) is 4.79 Å². The molecule has 0 radical (unpaired) electrons. The summed E-state index contributed by atoms with van der Waals surface area (Å²) in [4.78, 5) is 11.4. The molecule has 1 aliphatic heterocycles. The van der Waals surface area contributed by atoms with Crippen LogP contribution in [0.4, 0.5) is 0 Å². The second-order valence-corrected chi connectivity index (χ2v) is 5.06. The third kappa shape index (κ3) is 4.15. The van der Waals surface area contributed by atoms with E-state index in [0.29, 0.717) is 12.0 Å². The van der Waals surface area contributed by atoms with Gasteiger partial charge in [0, 0.05) is 12.0 Å². The zero-order valence-electron chi connectivity index (χ0n) is 11.4. The highest BCUT2D eigenvalue weighted by molar-refractivity contribution is 5.88. The summed E-state index contributed by atoms with van der Waals surface area (Å²) < 4.78 is 5.31. The molecule has 0 amide bonds. The minimum absolute atomic E-state index is 0.158. The maximum absolute atomic E-state index is 11.4. The number of carbonyl (C=O) groups excluding carboxylic acids is 1. The standard InChI is InChI=1S/C15H22O3/c1-5-15(4,17)10-6-7-11(2)13-9-8-12(3)14(16)18-13/h5,7-8,13,17H,1,6,9-10H2,2-4H3/b11-7+. The van der Waals surface area contributed by atoms with Crippen molar-refractivity contribution in [3.63, 3.8) is 0 Å². The van der Waals surface area contributed by atoms with Crippen LogP contribution < -0.4 is 0 Å². The molecule has 0 aromatic carbocycles. The topological polar surface area (TPSA) is 46.5 Å². The zero-order chi connectivity index (χ0) is 13.8. The lowest BCUT2D eigenvalue weighted by atomic mass is 9.97. The van der Waals surface area contributed by atoms with Crippen LogP contribution in [0.3, 0.4) is 0 Å². The fraction of sp³-hybridized carbons (Fsp3) is 0.533. The van der Waals surface area contributed by atoms with Crippen molar-refractivity contribution in [2.24, 2.45) is 0 Å². The Kier molecular flexibility index (Phi) is 4.91. The van der Waals surface area contributed by atoms with Crippen LogP contribution in [0, 0.1) is 0 Å². The van der Waals surface area contributed by atoms with E-state index in [0.717, 1.165) is 18.4 Å². The highest BCUT2D eigenvalue weighted by atomic mass is 16.5. The second-order valence-electron chi connectivity index (χ2n) is 5.06. The Labute approximate surface area is 109 Å². The van der Waals surface area contributed by atoms with Gasteiger partial charge in [-0.05, 0) is 39.2 Å². The minimum Gasteiger partial charge on any atom is -0.454 e. The van der Waals surface area contributed by atoms with Gasteiger partial charge >= 0.3 is 5.97 Å². The molecule has 0 saturated heterocycles. The normalized spacial score (nSPS) is 24.0. The molecule has 3 heteroatoms. The molecular formula is C15H22O3. The SMILES string of the molecule is C=CC(C)(O)CC/C=C(\C)C1CC=C(C)C(=O)O1. The maximum Gasteiger partial charge on any atom is 0.333 e. The van der Waals surface area contributed by atoms with Gasteiger partial charge in [-0.1, -0.05) is 18.2 Å². The fourth-order valence-corrected chi connectivity index (χ4v) is 1.74. The summed E-state index contributed by atoms with van der Waals surface area (Å²) in [5.74, 6) is -0.239. The Morgan fingerprint density at radius 2 is 2.39 bits per heavy atom. The highest BCUT2D eigenvalue weighted by Crippen LogP contribution is 2.21. The van der Waals surface area contributed by atoms with E-state index in [9.17, 15) is 9.90 Å². The summed E-state index contributed by atoms with van der Waals surface area (Å²) in [5.41, 5.74) is 0.872. The van der Waals surface area contributed by atoms with E-state index >= 15 is 0 Å². The van der Waals surface area contributed by atoms with Crippen molar-refractivity contribution in [1.29, 1.82) is 0 Å². The lowest BCUT2D eigenvalue weighted by molar-refractivity contribution is -0.143. The lowest BCUT2D eigenvalue weighted by Crippen LogP contribution is -2.24. The van der Waals surface area contributed by atoms with Gasteiger partial charge in [0.05, 0.1) is 5.60 Å². The van der Waals surface area contributed by atoms with Crippen molar-refractivity contribution in [3.05, 3.63) is 36.0 Å². The molecular weight excluding hydrogens is 228 g/mol. The number of allylic oxidation sites excluding steroid dienone is 1. The van der Waals surface area contributed by atoms with Crippen LogP contribution in [0.15, 0.2) is 36.0 Å². The third-order valence-corrected chi connectivity index (χ3v) is 3.27. The molecule has 0 aromatic rings. The Balaban J connectivity index is 2.53. The number of aliphatic hydroxyl groups is 1. The average Bonchev–Trinajstić information content (AvgIpc) is 2.32. The molecule has 0 spiro atoms. The molecule has 0 saturated carbocycles. The van der Waals surface area contributed by atoms with E-state index in [1.807, 2.05) is 19.1 Å². The van der Waals surface area contributed by atoms with E-state index in [1.165, 1.54) is 0 Å². The molecule has 1 rings (SSSR count). The molecule has 1 aliphatic rings. The van der Waals surface area contributed by atoms with E-state index < -0.39 is 5.60 Å². The number of hydrogen-bond acceptors (Lipinski definition) is 3. The maximum atomic E-state index is 11.4. The summed E-state index contributed by atoms with van der Waals surface area (Å²) in [6.07, 6.45) is 7.40. The first-order valence-corrected chi connectivity index (χ1v) is 6.26. The summed E-state index contributed by atoms with van der Waals surface area (Å²) >= 11 is 0. The molecule has 100 valence electrons. The van der Waals surface area contributed by atoms with Crippen LogP contribution >= 0.6 is 0 Å². The highest BCUT2D eigenvalue weighted by Gasteiger charge is 2.21. The summed E-state index contributed by atoms with van der Waals surface area (Å²) in [5, 5.41) is 9.78. The van der Waals surface area contributed by atoms with Gasteiger partial charge in [0.1, 0.15) is 6.10 Å². The quantitative estimate of drug-likeness (QED) is 0.603. The monoisotopic (exact) mass is 250 g/mol. The van der Waals surface area contributed by atoms with Crippen LogP contribution in [0.1, 0.15) is 40.0 Å². The van der Waals surface area contributed by atoms with E-state index in [4.69, 9.17) is 4.74 Å². The lowest BCUT2D eigenvalue weighted by Gasteiger charge is -2.22. The summed E-state index contributed by atoms with van der Waals surface area (Å²) in [6.45, 7) is 9.04. The van der Waals surface area contributed by atoms with Crippen molar-refractivity contribution >= 4 is 5.97 Å². The van der Waals surface area contributed by atoms with Gasteiger partial charge in [0.2, 0.25) is 0 Å². The van der Waals surface area contributed by atoms with Crippen molar-refractivity contribution in [3.8, 4) is 0 Å². The smallest absolute Gasteiger partial charge is 0.333 e. The Morgan fingerprint density at radius 3 is 2.94 bits per heavy atom. The first-order valence-electron chi connectivity index (χ1n) is 6.26. The molecule has 1 N–H and O–H groups in total. The molecule has 3 nitrogen and oxygen atoms in total. The van der Waals surface area contributed by atoms with Gasteiger partial charge < -0.3 is 9.84 Å². The van der Waals surface area contributed by atoms with Crippen LogP contribution in [-0.2, 0) is 9.53 Å². The Bertz CT molecular complexity index is 389. The molecule has 2 atom stereocenters. The van der Waals surface area contributed by atoms with Gasteiger partial charge in [0.25, 0.3) is 0 Å². The molecule has 2 unspecified atom stereocenters. The Morgan fingerprint density at radius 1 is 1.72 bits per heavy atom. The molecule has 18 heavy (non-hydrogen) atoms. The predicted octanol–water partition coefficient (Wildman–Crippen LogP) is 2.91. The largest absolute Gasteiger partial charge is 0.454 e. The molecule has 0 bridgehead atoms. The summed E-state index contributed by atoms with van der Waals surface area (Å²) in [7, 11) is 0. The van der Waals surface area contributed by atoms with Crippen molar-refractivity contribution in [2.75, 3.05) is 0 Å². The van der Waals surface area contributed by atoms with Gasteiger partial charge in [-0.2, -0.15) is 0 Å². The predicted molar refractivity (Wildman–Crippen MR) is 72.1 cm³/mol. The average molecular weight is 250 g/mol. The van der Waals surface area contributed by atoms with Crippen molar-refractivity contribution < 1.29 is 14.6 Å². The number of cyclic esters (lactones) is 1. The van der Waals surface area contributed by atoms with Crippen LogP contribution in [0.5, 0.6) is 0 Å². The molecule has 0 fully saturated rings. The first-order chi connectivity index (χ1) is 8.35. The molecule has 0 aliphatic carbocycles. The van der Waals surface area contributed by atoms with Crippen molar-refractivity contribution in [2.45, 2.75) is 51.7 Å². The van der Waals surface area contributed by atoms with Crippen molar-refractivity contribution in [1.82, 2.24) is 0 Å². The van der Waals surface area contributed by atoms with Gasteiger partial charge in [0.15, 0.2) is 0 Å². The number of carbonyl (C=O) groups is 1. The molecule has 0 aromatic heterocycles. The van der Waals surface area contributed by atoms with Gasteiger partial charge in [-0.3, -0.25) is 0 Å².